The third kappa shape index (κ3) is 5.89. The second-order valence-electron chi connectivity index (χ2n) is 5.93. The quantitative estimate of drug-likeness (QED) is 0.129. The van der Waals surface area contributed by atoms with Gasteiger partial charge in [0.1, 0.15) is 0 Å². The van der Waals surface area contributed by atoms with Gasteiger partial charge in [0.25, 0.3) is 0 Å². The van der Waals surface area contributed by atoms with E-state index in [-0.39, 0.29) is 5.69 Å². The molecule has 1 aromatic carbocycles. The van der Waals surface area contributed by atoms with E-state index in [2.05, 4.69) is 0 Å². The first-order valence-electron chi connectivity index (χ1n) is 8.93. The number of ether oxygens (including phenoxy) is 3. The minimum atomic E-state index is -2.58. The van der Waals surface area contributed by atoms with E-state index in [4.69, 9.17) is 27.5 Å². The van der Waals surface area contributed by atoms with Crippen LogP contribution in [0.5, 0.6) is 11.5 Å². The Morgan fingerprint density at radius 2 is 1.75 bits per heavy atom. The molecule has 0 saturated carbocycles. The van der Waals surface area contributed by atoms with Crippen LogP contribution in [0.4, 0.5) is 5.69 Å². The summed E-state index contributed by atoms with van der Waals surface area (Å²) in [6, 6.07) is 3.72. The second-order valence-corrected chi connectivity index (χ2v) is 10.9. The first-order chi connectivity index (χ1) is 13.4. The van der Waals surface area contributed by atoms with Crippen LogP contribution in [0.1, 0.15) is 31.4 Å². The molecule has 0 saturated heterocycles. The number of benzene rings is 1. The molecule has 0 spiro atoms. The number of methoxy groups -OCH3 is 1. The van der Waals surface area contributed by atoms with Gasteiger partial charge in [0, 0.05) is 21.3 Å². The normalized spacial score (nSPS) is 12.7. The van der Waals surface area contributed by atoms with Crippen molar-refractivity contribution in [3.8, 4) is 11.5 Å². The molecule has 0 aliphatic heterocycles. The molecule has 0 bridgehead atoms. The molecule has 155 valence electrons. The molecule has 0 aliphatic carbocycles. The monoisotopic (exact) mass is 669 g/mol. The summed E-state index contributed by atoms with van der Waals surface area (Å²) in [7, 11) is 4.27. The zero-order valence-electron chi connectivity index (χ0n) is 17.2. The molecule has 0 N–H and O–H groups in total. The fraction of sp³-hybridized carbons (Fsp3) is 0.647. The molecule has 0 radical (unpaired) electrons. The third-order valence-corrected chi connectivity index (χ3v) is 8.14. The maximum atomic E-state index is 11.5. The van der Waals surface area contributed by atoms with Crippen LogP contribution in [0.15, 0.2) is 12.1 Å². The SMILES string of the molecule is COc1cc(C(C)OCCCC[Si](OC)(OC)OC)c([N+](=O)[O-])cc1O[CH2][Rf]. The van der Waals surface area contributed by atoms with Crippen molar-refractivity contribution in [2.75, 3.05) is 42.2 Å². The summed E-state index contributed by atoms with van der Waals surface area (Å²) < 4.78 is 33.2. The van der Waals surface area contributed by atoms with Crippen LogP contribution >= 0.6 is 0 Å². The van der Waals surface area contributed by atoms with Crippen molar-refractivity contribution in [3.63, 3.8) is 0 Å². The van der Waals surface area contributed by atoms with Crippen LogP contribution in [0.2, 0.25) is 6.04 Å². The Balaban J connectivity index is 2.75. The molecule has 11 heteroatoms. The molecule has 0 amide bonds. The number of hydrogen-bond acceptors (Lipinski definition) is 8. The van der Waals surface area contributed by atoms with Gasteiger partial charge < -0.3 is 13.3 Å². The van der Waals surface area contributed by atoms with Crippen molar-refractivity contribution in [2.45, 2.75) is 31.9 Å². The molecule has 1 rings (SSSR count). The number of nitro groups is 1. The Morgan fingerprint density at radius 3 is 2.25 bits per heavy atom. The molecule has 0 heterocycles. The van der Waals surface area contributed by atoms with E-state index in [1.807, 2.05) is 0 Å². The topological polar surface area (TPSA) is 98.5 Å². The molecule has 1 atom stereocenters. The number of unbranched alkanes of at least 4 members (excludes halogenated alkanes) is 1. The van der Waals surface area contributed by atoms with Gasteiger partial charge in [0.15, 0.2) is 0 Å². The molecule has 0 aromatic heterocycles. The van der Waals surface area contributed by atoms with Gasteiger partial charge >= 0.3 is 126 Å². The number of nitro benzene ring substituents is 1. The Kier molecular flexibility index (Phi) is 9.32. The Labute approximate surface area is 161 Å². The van der Waals surface area contributed by atoms with Gasteiger partial charge in [-0.2, -0.15) is 0 Å². The van der Waals surface area contributed by atoms with Crippen molar-refractivity contribution in [3.05, 3.63) is 27.8 Å². The predicted molar refractivity (Wildman–Crippen MR) is 100 cm³/mol. The summed E-state index contributed by atoms with van der Waals surface area (Å²) in [6.45, 7) is 2.24. The van der Waals surface area contributed by atoms with Crippen molar-refractivity contribution >= 4 is 14.5 Å². The Bertz CT molecular complexity index is 621. The van der Waals surface area contributed by atoms with E-state index < -0.39 is 19.8 Å². The van der Waals surface area contributed by atoms with Crippen LogP contribution < -0.4 is 9.47 Å². The average Bonchev–Trinajstić information content (AvgIpc) is 2.70. The third-order valence-electron chi connectivity index (χ3n) is 4.38. The van der Waals surface area contributed by atoms with Gasteiger partial charge in [0.2, 0.25) is 0 Å². The van der Waals surface area contributed by atoms with Crippen LogP contribution in [0, 0.1) is 10.1 Å². The van der Waals surface area contributed by atoms with Gasteiger partial charge in [-0.1, -0.05) is 0 Å². The zero-order chi connectivity index (χ0) is 21.2. The molecule has 0 aliphatic rings. The molecule has 1 aromatic rings. The first-order valence-corrected chi connectivity index (χ1v) is 15.4. The van der Waals surface area contributed by atoms with Crippen LogP contribution in [0.3, 0.4) is 0 Å². The van der Waals surface area contributed by atoms with E-state index in [0.29, 0.717) is 36.8 Å². The molecular formula is C17H28NO8RfSi. The molecule has 28 heavy (non-hydrogen) atoms. The van der Waals surface area contributed by atoms with Gasteiger partial charge in [0.05, 0.1) is 0 Å². The van der Waals surface area contributed by atoms with Crippen LogP contribution in [-0.4, -0.2) is 55.9 Å². The summed E-state index contributed by atoms with van der Waals surface area (Å²) in [5.74, 6) is 0.865. The van der Waals surface area contributed by atoms with Crippen molar-refractivity contribution in [1.29, 1.82) is 0 Å². The summed E-state index contributed by atoms with van der Waals surface area (Å²) in [5, 5.41) is 11.5. The van der Waals surface area contributed by atoms with E-state index >= 15 is 0 Å². The van der Waals surface area contributed by atoms with Crippen molar-refractivity contribution in [2.24, 2.45) is 0 Å². The molecular weight excluding hydrogens is 641 g/mol. The van der Waals surface area contributed by atoms with Gasteiger partial charge in [-0.05, 0) is 0 Å². The van der Waals surface area contributed by atoms with Gasteiger partial charge in [-0.15, -0.1) is 0 Å². The number of hydrogen-bond donors (Lipinski definition) is 0. The Hall–Kier alpha value is -2.72. The fourth-order valence-electron chi connectivity index (χ4n) is 2.78. The van der Waals surface area contributed by atoms with E-state index in [9.17, 15) is 10.1 Å². The van der Waals surface area contributed by atoms with Crippen LogP contribution in [-0.2, 0) is 18.0 Å². The first kappa shape index (κ1) is 23.3. The minimum absolute atomic E-state index is 0.0311. The summed E-state index contributed by atoms with van der Waals surface area (Å²) >= 11 is 0. The predicted octanol–water partition coefficient (Wildman–Crippen LogP) is 3.22. The van der Waals surface area contributed by atoms with Crippen molar-refractivity contribution < 1.29 is 32.4 Å². The second kappa shape index (κ2) is 11.2. The van der Waals surface area contributed by atoms with E-state index in [1.165, 1.54) is 13.2 Å². The molecule has 1 unspecified atom stereocenters. The zero-order valence-corrected chi connectivity index (χ0v) is 24.6. The standard InChI is InChI=1S/C17H28NO8Si.Rf/c1-13(26-9-7-8-10-27(23-4,24-5)25-6)14-11-16(21-2)17(22-3)12-15(14)18(19)20;/h11-13H,3,7-10H2,1-2,4-6H3;. The molecule has 0 fully saturated rings. The summed E-state index contributed by atoms with van der Waals surface area (Å²) in [6.07, 6.45) is 1.09. The van der Waals surface area contributed by atoms with Gasteiger partial charge in [-0.25, -0.2) is 0 Å². The van der Waals surface area contributed by atoms with Crippen LogP contribution in [0.25, 0.3) is 0 Å². The number of nitrogens with zero attached hydrogens (tertiary/aromatic N) is 1. The fourth-order valence-corrected chi connectivity index (χ4v) is 5.57. The van der Waals surface area contributed by atoms with Gasteiger partial charge in [-0.3, -0.25) is 0 Å². The Morgan fingerprint density at radius 1 is 1.11 bits per heavy atom. The summed E-state index contributed by atoms with van der Waals surface area (Å²) in [4.78, 5) is 11.1. The van der Waals surface area contributed by atoms with E-state index in [0.717, 1.165) is 12.8 Å². The summed E-state index contributed by atoms with van der Waals surface area (Å²) in [5.41, 5.74) is 0.430. The maximum absolute atomic E-state index is 11.5. The average molecular weight is 669 g/mol. The molecule has 9 nitrogen and oxygen atoms in total. The number of rotatable bonds is 14. The van der Waals surface area contributed by atoms with Crippen molar-refractivity contribution in [1.82, 2.24) is 0 Å². The van der Waals surface area contributed by atoms with E-state index in [1.54, 1.807) is 34.3 Å².